The highest BCUT2D eigenvalue weighted by molar-refractivity contribution is 9.10. The van der Waals surface area contributed by atoms with Crippen LogP contribution in [0, 0.1) is 13.8 Å². The van der Waals surface area contributed by atoms with Crippen molar-refractivity contribution in [1.29, 1.82) is 0 Å². The van der Waals surface area contributed by atoms with Gasteiger partial charge in [-0.15, -0.1) is 11.3 Å². The summed E-state index contributed by atoms with van der Waals surface area (Å²) in [6.07, 6.45) is 0.952. The molecule has 0 aliphatic heterocycles. The molecule has 0 saturated heterocycles. The summed E-state index contributed by atoms with van der Waals surface area (Å²) in [5, 5.41) is 6.87. The first-order valence-corrected chi connectivity index (χ1v) is 8.18. The lowest BCUT2D eigenvalue weighted by Gasteiger charge is -2.18. The van der Waals surface area contributed by atoms with Gasteiger partial charge in [0.15, 0.2) is 0 Å². The molecule has 0 aliphatic rings. The molecular formula is C15H19BrN2S. The van der Waals surface area contributed by atoms with E-state index in [1.807, 2.05) is 6.92 Å². The number of aryl methyl sites for hydroxylation is 2. The van der Waals surface area contributed by atoms with E-state index in [1.165, 1.54) is 16.1 Å². The maximum atomic E-state index is 4.57. The minimum absolute atomic E-state index is 0.336. The highest BCUT2D eigenvalue weighted by Gasteiger charge is 2.14. The molecule has 0 saturated carbocycles. The van der Waals surface area contributed by atoms with Crippen molar-refractivity contribution in [2.24, 2.45) is 0 Å². The van der Waals surface area contributed by atoms with Crippen molar-refractivity contribution >= 4 is 27.3 Å². The smallest absolute Gasteiger partial charge is 0.0947 e. The molecule has 2 rings (SSSR count). The molecule has 0 fully saturated rings. The summed E-state index contributed by atoms with van der Waals surface area (Å²) >= 11 is 5.30. The van der Waals surface area contributed by atoms with Crippen molar-refractivity contribution in [3.8, 4) is 0 Å². The Kier molecular flexibility index (Phi) is 5.13. The van der Waals surface area contributed by atoms with Gasteiger partial charge in [0.05, 0.1) is 5.01 Å². The maximum absolute atomic E-state index is 4.57. The number of benzene rings is 1. The van der Waals surface area contributed by atoms with E-state index in [-0.39, 0.29) is 0 Å². The van der Waals surface area contributed by atoms with E-state index in [9.17, 15) is 0 Å². The lowest BCUT2D eigenvalue weighted by Crippen LogP contribution is -2.23. The molecular weight excluding hydrogens is 320 g/mol. The van der Waals surface area contributed by atoms with Crippen molar-refractivity contribution in [1.82, 2.24) is 10.3 Å². The highest BCUT2D eigenvalue weighted by atomic mass is 79.9. The second-order valence-corrected chi connectivity index (χ2v) is 6.50. The van der Waals surface area contributed by atoms with Gasteiger partial charge in [-0.1, -0.05) is 35.0 Å². The average molecular weight is 339 g/mol. The summed E-state index contributed by atoms with van der Waals surface area (Å²) in [4.78, 5) is 4.57. The molecule has 1 aromatic carbocycles. The zero-order valence-electron chi connectivity index (χ0n) is 11.5. The van der Waals surface area contributed by atoms with Crippen LogP contribution in [0.2, 0.25) is 0 Å². The third kappa shape index (κ3) is 3.88. The van der Waals surface area contributed by atoms with E-state index >= 15 is 0 Å². The minimum atomic E-state index is 0.336. The molecule has 0 amide bonds. The Balaban J connectivity index is 2.21. The van der Waals surface area contributed by atoms with Gasteiger partial charge in [0.1, 0.15) is 0 Å². The summed E-state index contributed by atoms with van der Waals surface area (Å²) in [7, 11) is 0. The number of rotatable bonds is 5. The lowest BCUT2D eigenvalue weighted by atomic mass is 10.0. The molecule has 19 heavy (non-hydrogen) atoms. The number of aromatic nitrogens is 1. The normalized spacial score (nSPS) is 12.6. The van der Waals surface area contributed by atoms with Crippen molar-refractivity contribution in [3.63, 3.8) is 0 Å². The highest BCUT2D eigenvalue weighted by Crippen LogP contribution is 2.24. The molecule has 1 unspecified atom stereocenters. The van der Waals surface area contributed by atoms with Crippen molar-refractivity contribution in [2.75, 3.05) is 6.54 Å². The third-order valence-corrected chi connectivity index (χ3v) is 4.96. The maximum Gasteiger partial charge on any atom is 0.0947 e. The fraction of sp³-hybridized carbons (Fsp3) is 0.400. The Morgan fingerprint density at radius 1 is 1.37 bits per heavy atom. The fourth-order valence-electron chi connectivity index (χ4n) is 2.11. The molecule has 102 valence electrons. The third-order valence-electron chi connectivity index (χ3n) is 3.08. The van der Waals surface area contributed by atoms with E-state index in [4.69, 9.17) is 0 Å². The van der Waals surface area contributed by atoms with Crippen LogP contribution in [0.25, 0.3) is 0 Å². The Hall–Kier alpha value is -0.710. The number of halogens is 1. The zero-order valence-corrected chi connectivity index (χ0v) is 13.9. The summed E-state index contributed by atoms with van der Waals surface area (Å²) in [6, 6.07) is 6.90. The molecule has 1 N–H and O–H groups in total. The van der Waals surface area contributed by atoms with Crippen molar-refractivity contribution < 1.29 is 0 Å². The predicted octanol–water partition coefficient (Wildman–Crippen LogP) is 4.42. The number of thiazole rings is 1. The average Bonchev–Trinajstić information content (AvgIpc) is 2.78. The molecule has 0 radical (unpaired) electrons. The van der Waals surface area contributed by atoms with Crippen LogP contribution >= 0.6 is 27.3 Å². The molecule has 0 aliphatic carbocycles. The van der Waals surface area contributed by atoms with Gasteiger partial charge in [0.25, 0.3) is 0 Å². The van der Waals surface area contributed by atoms with Gasteiger partial charge < -0.3 is 5.32 Å². The van der Waals surface area contributed by atoms with E-state index < -0.39 is 0 Å². The van der Waals surface area contributed by atoms with Crippen LogP contribution in [0.5, 0.6) is 0 Å². The Morgan fingerprint density at radius 2 is 2.16 bits per heavy atom. The fourth-order valence-corrected chi connectivity index (χ4v) is 3.18. The molecule has 1 aromatic heterocycles. The molecule has 1 heterocycles. The number of nitrogens with zero attached hydrogens (tertiary/aromatic N) is 1. The van der Waals surface area contributed by atoms with E-state index in [2.05, 4.69) is 63.7 Å². The topological polar surface area (TPSA) is 24.9 Å². The number of nitrogens with one attached hydrogen (secondary N) is 1. The van der Waals surface area contributed by atoms with Gasteiger partial charge in [0.2, 0.25) is 0 Å². The predicted molar refractivity (Wildman–Crippen MR) is 85.9 cm³/mol. The second-order valence-electron chi connectivity index (χ2n) is 4.71. The first-order chi connectivity index (χ1) is 9.10. The first-order valence-electron chi connectivity index (χ1n) is 6.50. The molecule has 2 nitrogen and oxygen atoms in total. The number of hydrogen-bond acceptors (Lipinski definition) is 3. The van der Waals surface area contributed by atoms with Crippen LogP contribution in [-0.4, -0.2) is 11.5 Å². The van der Waals surface area contributed by atoms with Crippen LogP contribution in [0.15, 0.2) is 28.1 Å². The van der Waals surface area contributed by atoms with Crippen LogP contribution in [0.1, 0.15) is 34.8 Å². The monoisotopic (exact) mass is 338 g/mol. The second kappa shape index (κ2) is 6.64. The van der Waals surface area contributed by atoms with Gasteiger partial charge in [-0.05, 0) is 37.6 Å². The van der Waals surface area contributed by atoms with Crippen LogP contribution in [-0.2, 0) is 6.42 Å². The quantitative estimate of drug-likeness (QED) is 0.872. The van der Waals surface area contributed by atoms with Crippen LogP contribution in [0.3, 0.4) is 0 Å². The lowest BCUT2D eigenvalue weighted by molar-refractivity contribution is 0.548. The summed E-state index contributed by atoms with van der Waals surface area (Å²) in [6.45, 7) is 7.28. The van der Waals surface area contributed by atoms with Crippen molar-refractivity contribution in [2.45, 2.75) is 33.2 Å². The van der Waals surface area contributed by atoms with Gasteiger partial charge in [-0.2, -0.15) is 0 Å². The molecule has 1 atom stereocenters. The molecule has 4 heteroatoms. The summed E-state index contributed by atoms with van der Waals surface area (Å²) in [5.74, 6) is 0. The van der Waals surface area contributed by atoms with E-state index in [0.29, 0.717) is 6.04 Å². The Bertz CT molecular complexity index is 551. The summed E-state index contributed by atoms with van der Waals surface area (Å²) in [5.41, 5.74) is 3.72. The molecule has 0 spiro atoms. The Morgan fingerprint density at radius 3 is 2.74 bits per heavy atom. The number of likely N-dealkylation sites (N-methyl/N-ethyl adjacent to an activating group) is 1. The van der Waals surface area contributed by atoms with Gasteiger partial charge in [-0.25, -0.2) is 4.98 Å². The minimum Gasteiger partial charge on any atom is -0.310 e. The van der Waals surface area contributed by atoms with Gasteiger partial charge in [0, 0.05) is 28.0 Å². The number of hydrogen-bond donors (Lipinski definition) is 1. The van der Waals surface area contributed by atoms with Crippen LogP contribution in [0.4, 0.5) is 0 Å². The summed E-state index contributed by atoms with van der Waals surface area (Å²) < 4.78 is 1.16. The Labute approximate surface area is 127 Å². The molecule has 0 bridgehead atoms. The largest absolute Gasteiger partial charge is 0.310 e. The van der Waals surface area contributed by atoms with Gasteiger partial charge in [-0.3, -0.25) is 0 Å². The van der Waals surface area contributed by atoms with Crippen LogP contribution < -0.4 is 5.32 Å². The van der Waals surface area contributed by atoms with E-state index in [0.717, 1.165) is 23.1 Å². The standard InChI is InChI=1S/C15H19BrN2S/c1-4-17-14(8-15-18-11(3)9-19-15)12-5-6-13(16)10(2)7-12/h5-7,9,14,17H,4,8H2,1-3H3. The molecule has 2 aromatic rings. The SMILES string of the molecule is CCNC(Cc1nc(C)cs1)c1ccc(Br)c(C)c1. The van der Waals surface area contributed by atoms with Gasteiger partial charge >= 0.3 is 0 Å². The first kappa shape index (κ1) is 14.7. The van der Waals surface area contributed by atoms with E-state index in [1.54, 1.807) is 11.3 Å². The van der Waals surface area contributed by atoms with Crippen molar-refractivity contribution in [3.05, 3.63) is 49.9 Å². The zero-order chi connectivity index (χ0) is 13.8.